The van der Waals surface area contributed by atoms with Gasteiger partial charge in [0.1, 0.15) is 11.5 Å². The van der Waals surface area contributed by atoms with Gasteiger partial charge >= 0.3 is 0 Å². The topological polar surface area (TPSA) is 89.3 Å². The minimum Gasteiger partial charge on any atom is -0.441 e. The summed E-state index contributed by atoms with van der Waals surface area (Å²) in [6, 6.07) is 7.69. The average molecular weight is 419 g/mol. The second kappa shape index (κ2) is 8.69. The van der Waals surface area contributed by atoms with Crippen LogP contribution >= 0.6 is 0 Å². The maximum Gasteiger partial charge on any atom is 0.235 e. The van der Waals surface area contributed by atoms with Crippen molar-refractivity contribution in [3.8, 4) is 11.5 Å². The number of aromatic nitrogens is 1. The molecule has 1 aromatic heterocycles. The van der Waals surface area contributed by atoms with Crippen molar-refractivity contribution in [2.75, 3.05) is 5.75 Å². The van der Waals surface area contributed by atoms with Crippen LogP contribution in [-0.4, -0.2) is 31.1 Å². The molecule has 1 saturated carbocycles. The monoisotopic (exact) mass is 418 g/mol. The molecule has 3 rings (SSSR count). The van der Waals surface area contributed by atoms with Gasteiger partial charge in [-0.3, -0.25) is 4.79 Å². The lowest BCUT2D eigenvalue weighted by molar-refractivity contribution is -0.120. The van der Waals surface area contributed by atoms with Gasteiger partial charge in [0.2, 0.25) is 11.8 Å². The zero-order chi connectivity index (χ0) is 21.2. The average Bonchev–Trinajstić information content (AvgIpc) is 2.98. The van der Waals surface area contributed by atoms with Crippen LogP contribution in [0.25, 0.3) is 11.5 Å². The molecule has 0 bridgehead atoms. The Kier molecular flexibility index (Phi) is 6.46. The molecule has 1 aliphatic carbocycles. The van der Waals surface area contributed by atoms with Crippen molar-refractivity contribution in [2.24, 2.45) is 11.8 Å². The van der Waals surface area contributed by atoms with Crippen molar-refractivity contribution in [3.63, 3.8) is 0 Å². The van der Waals surface area contributed by atoms with E-state index in [9.17, 15) is 13.2 Å². The van der Waals surface area contributed by atoms with Crippen LogP contribution in [0.15, 0.2) is 28.7 Å². The van der Waals surface area contributed by atoms with Gasteiger partial charge in [-0.15, -0.1) is 0 Å². The molecule has 0 saturated heterocycles. The van der Waals surface area contributed by atoms with E-state index in [4.69, 9.17) is 4.42 Å². The SMILES string of the molecule is Cc1ccccc1-c1nc(CS(=O)(=O)CC(=O)N[C@@H]2CCC[C@H](C)[C@@H]2C)c(C)o1. The third-order valence-corrected chi connectivity index (χ3v) is 7.44. The zero-order valence-corrected chi connectivity index (χ0v) is 18.4. The first-order valence-corrected chi connectivity index (χ1v) is 12.0. The molecule has 1 aromatic carbocycles. The number of rotatable bonds is 6. The molecule has 29 heavy (non-hydrogen) atoms. The summed E-state index contributed by atoms with van der Waals surface area (Å²) in [4.78, 5) is 16.8. The summed E-state index contributed by atoms with van der Waals surface area (Å²) in [5, 5.41) is 2.93. The Bertz CT molecular complexity index is 980. The molecule has 2 aromatic rings. The molecule has 0 unspecified atom stereocenters. The molecule has 7 heteroatoms. The summed E-state index contributed by atoms with van der Waals surface area (Å²) >= 11 is 0. The summed E-state index contributed by atoms with van der Waals surface area (Å²) < 4.78 is 30.9. The van der Waals surface area contributed by atoms with Gasteiger partial charge in [-0.25, -0.2) is 13.4 Å². The molecule has 6 nitrogen and oxygen atoms in total. The van der Waals surface area contributed by atoms with Gasteiger partial charge in [0, 0.05) is 11.6 Å². The molecular formula is C22H30N2O4S. The second-order valence-corrected chi connectivity index (χ2v) is 10.4. The van der Waals surface area contributed by atoms with E-state index in [0.29, 0.717) is 29.2 Å². The van der Waals surface area contributed by atoms with Crippen LogP contribution in [0.4, 0.5) is 0 Å². The first-order chi connectivity index (χ1) is 13.7. The number of nitrogens with one attached hydrogen (secondary N) is 1. The van der Waals surface area contributed by atoms with Gasteiger partial charge < -0.3 is 9.73 Å². The lowest BCUT2D eigenvalue weighted by Gasteiger charge is -2.34. The second-order valence-electron chi connectivity index (χ2n) is 8.31. The summed E-state index contributed by atoms with van der Waals surface area (Å²) in [6.07, 6.45) is 3.11. The Balaban J connectivity index is 1.67. The van der Waals surface area contributed by atoms with E-state index in [1.807, 2.05) is 31.2 Å². The van der Waals surface area contributed by atoms with E-state index in [-0.39, 0.29) is 11.8 Å². The molecule has 3 atom stereocenters. The van der Waals surface area contributed by atoms with E-state index >= 15 is 0 Å². The van der Waals surface area contributed by atoms with Gasteiger partial charge in [0.25, 0.3) is 0 Å². The number of oxazole rings is 1. The lowest BCUT2D eigenvalue weighted by atomic mass is 9.78. The maximum absolute atomic E-state index is 12.6. The highest BCUT2D eigenvalue weighted by Crippen LogP contribution is 2.29. The summed E-state index contributed by atoms with van der Waals surface area (Å²) in [6.45, 7) is 7.95. The summed E-state index contributed by atoms with van der Waals surface area (Å²) in [5.41, 5.74) is 2.19. The fourth-order valence-electron chi connectivity index (χ4n) is 3.98. The van der Waals surface area contributed by atoms with Crippen LogP contribution in [0, 0.1) is 25.7 Å². The molecule has 1 aliphatic rings. The highest BCUT2D eigenvalue weighted by molar-refractivity contribution is 7.91. The fraction of sp³-hybridized carbons (Fsp3) is 0.545. The molecule has 0 radical (unpaired) electrons. The first-order valence-electron chi connectivity index (χ1n) is 10.2. The van der Waals surface area contributed by atoms with Gasteiger partial charge in [0.15, 0.2) is 9.84 Å². The number of carbonyl (C=O) groups excluding carboxylic acids is 1. The number of nitrogens with zero attached hydrogens (tertiary/aromatic N) is 1. The van der Waals surface area contributed by atoms with Crippen LogP contribution in [0.3, 0.4) is 0 Å². The third kappa shape index (κ3) is 5.26. The molecule has 1 amide bonds. The summed E-state index contributed by atoms with van der Waals surface area (Å²) in [7, 11) is -3.65. The largest absolute Gasteiger partial charge is 0.441 e. The normalized spacial score (nSPS) is 22.4. The Hall–Kier alpha value is -2.15. The van der Waals surface area contributed by atoms with Crippen molar-refractivity contribution >= 4 is 15.7 Å². The van der Waals surface area contributed by atoms with Crippen molar-refractivity contribution in [1.82, 2.24) is 10.3 Å². The number of benzene rings is 1. The van der Waals surface area contributed by atoms with E-state index in [0.717, 1.165) is 30.4 Å². The number of amides is 1. The molecule has 0 aliphatic heterocycles. The maximum atomic E-state index is 12.6. The van der Waals surface area contributed by atoms with Crippen molar-refractivity contribution in [3.05, 3.63) is 41.3 Å². The number of aryl methyl sites for hydroxylation is 2. The molecule has 1 N–H and O–H groups in total. The Labute approximate surface area is 173 Å². The van der Waals surface area contributed by atoms with Crippen LogP contribution < -0.4 is 5.32 Å². The van der Waals surface area contributed by atoms with E-state index in [1.54, 1.807) is 6.92 Å². The first kappa shape index (κ1) is 21.6. The molecule has 1 fully saturated rings. The molecular weight excluding hydrogens is 388 g/mol. The van der Waals surface area contributed by atoms with Crippen molar-refractivity contribution in [2.45, 2.75) is 58.8 Å². The number of carbonyl (C=O) groups is 1. The van der Waals surface area contributed by atoms with Gasteiger partial charge in [-0.1, -0.05) is 44.9 Å². The Morgan fingerprint density at radius 1 is 1.21 bits per heavy atom. The highest BCUT2D eigenvalue weighted by atomic mass is 32.2. The fourth-order valence-corrected chi connectivity index (χ4v) is 5.25. The van der Waals surface area contributed by atoms with Crippen molar-refractivity contribution < 1.29 is 17.6 Å². The van der Waals surface area contributed by atoms with Crippen LogP contribution in [-0.2, 0) is 20.4 Å². The van der Waals surface area contributed by atoms with Crippen LogP contribution in [0.2, 0.25) is 0 Å². The minimum absolute atomic E-state index is 0.0443. The molecule has 1 heterocycles. The van der Waals surface area contributed by atoms with E-state index in [1.165, 1.54) is 0 Å². The standard InChI is InChI=1S/C22H30N2O4S/c1-14-9-7-11-19(16(14)3)23-21(25)13-29(26,27)12-20-17(4)28-22(24-20)18-10-6-5-8-15(18)2/h5-6,8,10,14,16,19H,7,9,11-13H2,1-4H3,(H,23,25)/t14-,16-,19+/m0/s1. The highest BCUT2D eigenvalue weighted by Gasteiger charge is 2.30. The van der Waals surface area contributed by atoms with Crippen LogP contribution in [0.1, 0.15) is 50.1 Å². The third-order valence-electron chi connectivity index (χ3n) is 6.03. The Morgan fingerprint density at radius 2 is 1.93 bits per heavy atom. The Morgan fingerprint density at radius 3 is 2.66 bits per heavy atom. The quantitative estimate of drug-likeness (QED) is 0.770. The minimum atomic E-state index is -3.65. The predicted molar refractivity (Wildman–Crippen MR) is 113 cm³/mol. The smallest absolute Gasteiger partial charge is 0.235 e. The zero-order valence-electron chi connectivity index (χ0n) is 17.6. The lowest BCUT2D eigenvalue weighted by Crippen LogP contribution is -2.45. The van der Waals surface area contributed by atoms with Gasteiger partial charge in [0.05, 0.1) is 11.4 Å². The predicted octanol–water partition coefficient (Wildman–Crippen LogP) is 3.81. The van der Waals surface area contributed by atoms with Crippen molar-refractivity contribution in [1.29, 1.82) is 0 Å². The van der Waals surface area contributed by atoms with E-state index in [2.05, 4.69) is 24.1 Å². The van der Waals surface area contributed by atoms with Gasteiger partial charge in [-0.05, 0) is 43.7 Å². The number of hydrogen-bond acceptors (Lipinski definition) is 5. The van der Waals surface area contributed by atoms with Gasteiger partial charge in [-0.2, -0.15) is 0 Å². The molecule has 0 spiro atoms. The van der Waals surface area contributed by atoms with Crippen LogP contribution in [0.5, 0.6) is 0 Å². The summed E-state index contributed by atoms with van der Waals surface area (Å²) in [5.74, 6) is 0.473. The number of sulfone groups is 1. The van der Waals surface area contributed by atoms with E-state index < -0.39 is 21.5 Å². The molecule has 158 valence electrons. The number of hydrogen-bond donors (Lipinski definition) is 1.